The van der Waals surface area contributed by atoms with E-state index in [2.05, 4.69) is 15.2 Å². The maximum atomic E-state index is 12.8. The zero-order valence-corrected chi connectivity index (χ0v) is 16.6. The second-order valence-corrected chi connectivity index (χ2v) is 7.03. The molecule has 0 spiro atoms. The van der Waals surface area contributed by atoms with Crippen molar-refractivity contribution in [2.24, 2.45) is 0 Å². The second kappa shape index (κ2) is 9.23. The number of aromatic amines is 1. The molecule has 0 radical (unpaired) electrons. The molecule has 0 saturated carbocycles. The van der Waals surface area contributed by atoms with E-state index in [1.54, 1.807) is 31.2 Å². The maximum absolute atomic E-state index is 12.8. The van der Waals surface area contributed by atoms with Crippen LogP contribution in [-0.2, 0) is 4.74 Å². The van der Waals surface area contributed by atoms with E-state index in [0.29, 0.717) is 29.4 Å². The number of benzene rings is 1. The van der Waals surface area contributed by atoms with Crippen LogP contribution in [0.5, 0.6) is 5.75 Å². The zero-order chi connectivity index (χ0) is 20.1. The van der Waals surface area contributed by atoms with Gasteiger partial charge in [-0.1, -0.05) is 36.7 Å². The number of pyridine rings is 1. The molecule has 8 heteroatoms. The first-order chi connectivity index (χ1) is 13.5. The topological polar surface area (TPSA) is 101 Å². The van der Waals surface area contributed by atoms with Crippen molar-refractivity contribution < 1.29 is 9.84 Å². The molecule has 0 bridgehead atoms. The van der Waals surface area contributed by atoms with E-state index in [4.69, 9.17) is 21.7 Å². The monoisotopic (exact) mass is 404 g/mol. The second-order valence-electron chi connectivity index (χ2n) is 6.62. The minimum absolute atomic E-state index is 0.163. The van der Waals surface area contributed by atoms with Crippen LogP contribution in [0.15, 0.2) is 29.1 Å². The number of aromatic hydroxyl groups is 1. The van der Waals surface area contributed by atoms with Crippen molar-refractivity contribution in [2.45, 2.75) is 13.3 Å². The van der Waals surface area contributed by atoms with Crippen molar-refractivity contribution in [1.82, 2.24) is 9.88 Å². The fraction of sp³-hybridized carbons (Fsp3) is 0.400. The zero-order valence-electron chi connectivity index (χ0n) is 15.8. The molecule has 0 atom stereocenters. The molecule has 2 heterocycles. The smallest absolute Gasteiger partial charge is 0.234 e. The first-order valence-electron chi connectivity index (χ1n) is 9.38. The minimum atomic E-state index is -0.575. The Morgan fingerprint density at radius 1 is 1.36 bits per heavy atom. The van der Waals surface area contributed by atoms with Gasteiger partial charge in [-0.25, -0.2) is 0 Å². The van der Waals surface area contributed by atoms with Gasteiger partial charge in [0.25, 0.3) is 0 Å². The number of nitrogens with zero attached hydrogens (tertiary/aromatic N) is 1. The molecule has 2 aromatic rings. The van der Waals surface area contributed by atoms with Crippen LogP contribution >= 0.6 is 11.6 Å². The summed E-state index contributed by atoms with van der Waals surface area (Å²) >= 11 is 6.26. The molecule has 1 aliphatic heterocycles. The Morgan fingerprint density at radius 3 is 2.75 bits per heavy atom. The van der Waals surface area contributed by atoms with Crippen LogP contribution in [0, 0.1) is 5.41 Å². The van der Waals surface area contributed by atoms with Crippen molar-refractivity contribution >= 4 is 23.1 Å². The van der Waals surface area contributed by atoms with Crippen molar-refractivity contribution in [2.75, 3.05) is 44.7 Å². The van der Waals surface area contributed by atoms with Crippen molar-refractivity contribution in [3.05, 3.63) is 45.1 Å². The van der Waals surface area contributed by atoms with Crippen LogP contribution in [0.4, 0.5) is 5.82 Å². The highest BCUT2D eigenvalue weighted by Crippen LogP contribution is 2.32. The molecular weight excluding hydrogens is 380 g/mol. The molecule has 0 amide bonds. The van der Waals surface area contributed by atoms with Gasteiger partial charge in [0.05, 0.1) is 29.5 Å². The van der Waals surface area contributed by atoms with Gasteiger partial charge in [0.1, 0.15) is 5.82 Å². The van der Waals surface area contributed by atoms with Crippen LogP contribution in [-0.4, -0.2) is 60.1 Å². The Hall–Kier alpha value is -2.35. The Balaban J connectivity index is 1.94. The molecule has 1 aromatic carbocycles. The van der Waals surface area contributed by atoms with Gasteiger partial charge in [0.15, 0.2) is 5.75 Å². The lowest BCUT2D eigenvalue weighted by Crippen LogP contribution is -2.39. The third-order valence-electron chi connectivity index (χ3n) is 4.81. The third-order valence-corrected chi connectivity index (χ3v) is 5.14. The van der Waals surface area contributed by atoms with Gasteiger partial charge in [0.2, 0.25) is 5.43 Å². The SMILES string of the molecule is CCC(=N)c1c(NCCN2CCOCC2)[nH]c(-c2ccccc2Cl)c(O)c1=O. The summed E-state index contributed by atoms with van der Waals surface area (Å²) in [6.07, 6.45) is 0.381. The number of morpholine rings is 1. The highest BCUT2D eigenvalue weighted by molar-refractivity contribution is 6.33. The summed E-state index contributed by atoms with van der Waals surface area (Å²) in [6, 6.07) is 6.99. The predicted octanol–water partition coefficient (Wildman–Crippen LogP) is 2.92. The molecule has 1 aliphatic rings. The van der Waals surface area contributed by atoms with Crippen molar-refractivity contribution in [3.63, 3.8) is 0 Å². The fourth-order valence-electron chi connectivity index (χ4n) is 3.21. The van der Waals surface area contributed by atoms with Crippen molar-refractivity contribution in [1.29, 1.82) is 5.41 Å². The van der Waals surface area contributed by atoms with Gasteiger partial charge in [0, 0.05) is 37.5 Å². The first-order valence-corrected chi connectivity index (χ1v) is 9.76. The van der Waals surface area contributed by atoms with Gasteiger partial charge in [-0.15, -0.1) is 0 Å². The molecule has 3 rings (SSSR count). The van der Waals surface area contributed by atoms with Gasteiger partial charge in [-0.2, -0.15) is 0 Å². The number of halogens is 1. The Kier molecular flexibility index (Phi) is 6.72. The summed E-state index contributed by atoms with van der Waals surface area (Å²) in [6.45, 7) is 6.36. The number of H-pyrrole nitrogens is 1. The molecule has 0 unspecified atom stereocenters. The number of ether oxygens (including phenoxy) is 1. The van der Waals surface area contributed by atoms with E-state index >= 15 is 0 Å². The molecule has 1 fully saturated rings. The van der Waals surface area contributed by atoms with E-state index in [1.807, 2.05) is 0 Å². The van der Waals surface area contributed by atoms with Crippen LogP contribution in [0.1, 0.15) is 18.9 Å². The predicted molar refractivity (Wildman–Crippen MR) is 112 cm³/mol. The minimum Gasteiger partial charge on any atom is -0.503 e. The summed E-state index contributed by atoms with van der Waals surface area (Å²) < 4.78 is 5.36. The molecule has 28 heavy (non-hydrogen) atoms. The molecule has 0 aliphatic carbocycles. The maximum Gasteiger partial charge on any atom is 0.234 e. The van der Waals surface area contributed by atoms with Crippen LogP contribution in [0.25, 0.3) is 11.3 Å². The largest absolute Gasteiger partial charge is 0.503 e. The molecule has 4 N–H and O–H groups in total. The number of anilines is 1. The Bertz CT molecular complexity index is 907. The van der Waals surface area contributed by atoms with Crippen molar-refractivity contribution in [3.8, 4) is 17.0 Å². The summed E-state index contributed by atoms with van der Waals surface area (Å²) in [5.41, 5.74) is 0.532. The molecule has 1 aromatic heterocycles. The number of rotatable bonds is 7. The lowest BCUT2D eigenvalue weighted by atomic mass is 10.0. The van der Waals surface area contributed by atoms with Crippen LogP contribution < -0.4 is 10.7 Å². The van der Waals surface area contributed by atoms with Crippen LogP contribution in [0.3, 0.4) is 0 Å². The molecule has 1 saturated heterocycles. The Labute approximate surface area is 168 Å². The standard InChI is InChI=1S/C20H25ClN4O3/c1-2-15(22)16-18(26)19(27)17(13-5-3-4-6-14(13)21)24-20(16)23-7-8-25-9-11-28-12-10-25/h3-6,22,27H,2,7-12H2,1H3,(H2,23,24,26). The normalized spacial score (nSPS) is 14.8. The average molecular weight is 405 g/mol. The lowest BCUT2D eigenvalue weighted by Gasteiger charge is -2.26. The molecular formula is C20H25ClN4O3. The van der Waals surface area contributed by atoms with Crippen LogP contribution in [0.2, 0.25) is 5.02 Å². The number of hydrogen-bond acceptors (Lipinski definition) is 6. The third kappa shape index (κ3) is 4.38. The summed E-state index contributed by atoms with van der Waals surface area (Å²) in [4.78, 5) is 18.2. The number of nitrogens with one attached hydrogen (secondary N) is 3. The van der Waals surface area contributed by atoms with E-state index < -0.39 is 11.2 Å². The quantitative estimate of drug-likeness (QED) is 0.531. The Morgan fingerprint density at radius 2 is 2.07 bits per heavy atom. The van der Waals surface area contributed by atoms with Gasteiger partial charge >= 0.3 is 0 Å². The summed E-state index contributed by atoms with van der Waals surface area (Å²) in [5, 5.41) is 22.3. The summed E-state index contributed by atoms with van der Waals surface area (Å²) in [5.74, 6) is -0.00198. The molecule has 150 valence electrons. The van der Waals surface area contributed by atoms with Gasteiger partial charge in [-0.05, 0) is 12.5 Å². The summed E-state index contributed by atoms with van der Waals surface area (Å²) in [7, 11) is 0. The van der Waals surface area contributed by atoms with E-state index in [9.17, 15) is 9.90 Å². The molecule has 7 nitrogen and oxygen atoms in total. The lowest BCUT2D eigenvalue weighted by molar-refractivity contribution is 0.0398. The first kappa shape index (κ1) is 20.4. The number of hydrogen-bond donors (Lipinski definition) is 4. The number of aromatic nitrogens is 1. The van der Waals surface area contributed by atoms with E-state index in [1.165, 1.54) is 0 Å². The highest BCUT2D eigenvalue weighted by Gasteiger charge is 2.21. The van der Waals surface area contributed by atoms with E-state index in [-0.39, 0.29) is 17.0 Å². The fourth-order valence-corrected chi connectivity index (χ4v) is 3.44. The average Bonchev–Trinajstić information content (AvgIpc) is 2.71. The van der Waals surface area contributed by atoms with E-state index in [0.717, 1.165) is 32.8 Å². The van der Waals surface area contributed by atoms with Gasteiger partial charge in [-0.3, -0.25) is 9.69 Å². The van der Waals surface area contributed by atoms with Gasteiger partial charge < -0.3 is 25.6 Å². The highest BCUT2D eigenvalue weighted by atomic mass is 35.5.